The second kappa shape index (κ2) is 11.4. The Labute approximate surface area is 221 Å². The number of nitrogens with zero attached hydrogens (tertiary/aromatic N) is 1. The van der Waals surface area contributed by atoms with Gasteiger partial charge in [0, 0.05) is 10.6 Å². The van der Waals surface area contributed by atoms with Crippen molar-refractivity contribution in [2.45, 2.75) is 13.0 Å². The molecular weight excluding hydrogens is 488 g/mol. The van der Waals surface area contributed by atoms with Crippen LogP contribution in [0.5, 0.6) is 0 Å². The van der Waals surface area contributed by atoms with E-state index in [-0.39, 0.29) is 6.04 Å². The zero-order chi connectivity index (χ0) is 25.6. The molecule has 0 radical (unpaired) electrons. The predicted molar refractivity (Wildman–Crippen MR) is 163 cm³/mol. The van der Waals surface area contributed by atoms with Gasteiger partial charge in [-0.05, 0) is 36.8 Å². The van der Waals surface area contributed by atoms with Gasteiger partial charge in [0.25, 0.3) is 7.56 Å². The van der Waals surface area contributed by atoms with Gasteiger partial charge in [0.15, 0.2) is 0 Å². The van der Waals surface area contributed by atoms with E-state index in [2.05, 4.69) is 152 Å². The van der Waals surface area contributed by atoms with Gasteiger partial charge in [0.1, 0.15) is 17.8 Å². The van der Waals surface area contributed by atoms with E-state index < -0.39 is 14.8 Å². The summed E-state index contributed by atoms with van der Waals surface area (Å²) in [5, 5.41) is 8.51. The van der Waals surface area contributed by atoms with Crippen LogP contribution in [-0.4, -0.2) is 0 Å². The first-order valence-electron chi connectivity index (χ1n) is 12.5. The summed E-state index contributed by atoms with van der Waals surface area (Å²) in [5.74, 6) is 0. The fourth-order valence-corrected chi connectivity index (χ4v) is 12.2. The molecule has 0 saturated carbocycles. The molecule has 0 fully saturated rings. The lowest BCUT2D eigenvalue weighted by atomic mass is 10.1. The quantitative estimate of drug-likeness (QED) is 0.228. The number of hydrogen-bond donors (Lipinski definition) is 2. The second-order valence-electron chi connectivity index (χ2n) is 9.01. The highest BCUT2D eigenvalue weighted by Crippen LogP contribution is 2.63. The van der Waals surface area contributed by atoms with Crippen LogP contribution in [0.2, 0.25) is 0 Å². The third-order valence-electron chi connectivity index (χ3n) is 6.51. The Hall–Kier alpha value is -3.32. The molecule has 0 spiro atoms. The fraction of sp³-hybridized carbons (Fsp3) is 0.0625. The van der Waals surface area contributed by atoms with Gasteiger partial charge >= 0.3 is 0 Å². The molecule has 184 valence electrons. The minimum Gasteiger partial charge on any atom is -0.287 e. The topological polar surface area (TPSA) is 50.4 Å². The number of benzene rings is 5. The van der Waals surface area contributed by atoms with Crippen LogP contribution in [0.1, 0.15) is 18.5 Å². The first-order valence-corrected chi connectivity index (χ1v) is 16.0. The molecule has 0 aliphatic heterocycles. The summed E-state index contributed by atoms with van der Waals surface area (Å²) in [6.07, 6.45) is 0. The van der Waals surface area contributed by atoms with E-state index in [9.17, 15) is 0 Å². The highest BCUT2D eigenvalue weighted by Gasteiger charge is 2.48. The zero-order valence-corrected chi connectivity index (χ0v) is 22.7. The Morgan fingerprint density at radius 3 is 1.32 bits per heavy atom. The smallest absolute Gasteiger partial charge is 0.265 e. The molecule has 5 aromatic rings. The maximum atomic E-state index is 7.55. The SMILES string of the molecule is CC(N[P+](N=P(N)(c1ccccc1)c1ccccc1)(c1ccccc1)c1ccccc1)c1ccccc1. The molecule has 5 aromatic carbocycles. The molecule has 0 aliphatic carbocycles. The van der Waals surface area contributed by atoms with E-state index in [0.29, 0.717) is 0 Å². The van der Waals surface area contributed by atoms with Gasteiger partial charge in [0.05, 0.1) is 6.04 Å². The molecule has 1 unspecified atom stereocenters. The Balaban J connectivity index is 1.85. The van der Waals surface area contributed by atoms with Crippen molar-refractivity contribution < 1.29 is 0 Å². The fourth-order valence-electron chi connectivity index (χ4n) is 4.59. The molecular formula is C32H32N3P2+. The Kier molecular flexibility index (Phi) is 7.79. The molecule has 0 amide bonds. The van der Waals surface area contributed by atoms with E-state index in [1.54, 1.807) is 0 Å². The molecule has 3 N–H and O–H groups in total. The average molecular weight is 521 g/mol. The van der Waals surface area contributed by atoms with Crippen LogP contribution in [-0.2, 0) is 0 Å². The van der Waals surface area contributed by atoms with Crippen molar-refractivity contribution in [2.75, 3.05) is 0 Å². The highest BCUT2D eigenvalue weighted by molar-refractivity contribution is 7.93. The highest BCUT2D eigenvalue weighted by atomic mass is 31.2. The van der Waals surface area contributed by atoms with Gasteiger partial charge in [-0.1, -0.05) is 132 Å². The van der Waals surface area contributed by atoms with Crippen molar-refractivity contribution in [2.24, 2.45) is 10.0 Å². The summed E-state index contributed by atoms with van der Waals surface area (Å²) in [6, 6.07) is 52.7. The largest absolute Gasteiger partial charge is 0.287 e. The molecule has 1 atom stereocenters. The van der Waals surface area contributed by atoms with E-state index in [0.717, 1.165) is 21.2 Å². The van der Waals surface area contributed by atoms with Gasteiger partial charge in [-0.3, -0.25) is 5.50 Å². The molecule has 0 aromatic heterocycles. The van der Waals surface area contributed by atoms with Gasteiger partial charge in [0.2, 0.25) is 0 Å². The monoisotopic (exact) mass is 520 g/mol. The molecule has 0 aliphatic rings. The molecule has 0 heterocycles. The first kappa shape index (κ1) is 25.3. The van der Waals surface area contributed by atoms with Crippen molar-refractivity contribution >= 4 is 36.0 Å². The number of hydrogen-bond acceptors (Lipinski definition) is 2. The average Bonchev–Trinajstić information content (AvgIpc) is 2.99. The van der Waals surface area contributed by atoms with Crippen molar-refractivity contribution in [1.82, 2.24) is 5.09 Å². The van der Waals surface area contributed by atoms with E-state index >= 15 is 0 Å². The number of nitrogens with one attached hydrogen (secondary N) is 1. The second-order valence-corrected chi connectivity index (χ2v) is 14.7. The molecule has 5 heteroatoms. The van der Waals surface area contributed by atoms with Gasteiger partial charge in [-0.25, -0.2) is 0 Å². The van der Waals surface area contributed by atoms with Crippen molar-refractivity contribution in [1.29, 1.82) is 0 Å². The van der Waals surface area contributed by atoms with E-state index in [4.69, 9.17) is 10.0 Å². The zero-order valence-electron chi connectivity index (χ0n) is 20.9. The van der Waals surface area contributed by atoms with E-state index in [1.165, 1.54) is 5.56 Å². The van der Waals surface area contributed by atoms with Gasteiger partial charge in [-0.15, -0.1) is 0 Å². The minimum absolute atomic E-state index is 0.0543. The lowest BCUT2D eigenvalue weighted by Gasteiger charge is -2.30. The third kappa shape index (κ3) is 5.37. The Morgan fingerprint density at radius 2 is 0.919 bits per heavy atom. The standard InChI is InChI=1S/C32H32N3P2/c1-27(28-17-7-2-8-18-28)34-37(31-23-13-5-14-24-31,32-25-15-6-16-26-32)35-36(33,29-19-9-3-10-20-29)30-21-11-4-12-22-30/h2-27,34H,33H2,1H3/q+1. The van der Waals surface area contributed by atoms with E-state index in [1.807, 2.05) is 12.1 Å². The lowest BCUT2D eigenvalue weighted by Crippen LogP contribution is -2.35. The first-order chi connectivity index (χ1) is 18.1. The molecule has 37 heavy (non-hydrogen) atoms. The summed E-state index contributed by atoms with van der Waals surface area (Å²) >= 11 is 0. The summed E-state index contributed by atoms with van der Waals surface area (Å²) < 4.78 is 5.87. The summed E-state index contributed by atoms with van der Waals surface area (Å²) in [5.41, 5.74) is 8.77. The molecule has 0 saturated heterocycles. The van der Waals surface area contributed by atoms with Crippen LogP contribution in [0.15, 0.2) is 156 Å². The minimum atomic E-state index is -2.66. The third-order valence-corrected chi connectivity index (χ3v) is 13.7. The van der Waals surface area contributed by atoms with Crippen LogP contribution in [0.25, 0.3) is 0 Å². The molecule has 0 bridgehead atoms. The van der Waals surface area contributed by atoms with Gasteiger partial charge < -0.3 is 0 Å². The van der Waals surface area contributed by atoms with Crippen molar-refractivity contribution in [3.63, 3.8) is 0 Å². The Morgan fingerprint density at radius 1 is 0.568 bits per heavy atom. The van der Waals surface area contributed by atoms with Crippen LogP contribution >= 0.6 is 14.8 Å². The number of rotatable bonds is 8. The van der Waals surface area contributed by atoms with Gasteiger partial charge in [-0.2, -0.15) is 5.09 Å². The predicted octanol–water partition coefficient (Wildman–Crippen LogP) is 6.56. The lowest BCUT2D eigenvalue weighted by molar-refractivity contribution is 0.742. The van der Waals surface area contributed by atoms with Crippen LogP contribution in [0, 0.1) is 0 Å². The summed E-state index contributed by atoms with van der Waals surface area (Å²) in [4.78, 5) is 0. The Bertz CT molecular complexity index is 1380. The maximum absolute atomic E-state index is 7.55. The normalized spacial score (nSPS) is 12.6. The van der Waals surface area contributed by atoms with Crippen LogP contribution in [0.3, 0.4) is 0 Å². The number of nitrogens with two attached hydrogens (primary N) is 1. The van der Waals surface area contributed by atoms with Crippen molar-refractivity contribution in [3.8, 4) is 0 Å². The summed E-state index contributed by atoms with van der Waals surface area (Å²) in [6.45, 7) is 2.22. The van der Waals surface area contributed by atoms with Crippen LogP contribution < -0.4 is 31.8 Å². The maximum Gasteiger partial charge on any atom is 0.265 e. The van der Waals surface area contributed by atoms with Crippen molar-refractivity contribution in [3.05, 3.63) is 157 Å². The summed E-state index contributed by atoms with van der Waals surface area (Å²) in [7, 11) is -5.24. The van der Waals surface area contributed by atoms with Crippen LogP contribution in [0.4, 0.5) is 0 Å². The molecule has 3 nitrogen and oxygen atoms in total. The molecule has 5 rings (SSSR count).